The number of hydrazone groups is 1. The third-order valence-electron chi connectivity index (χ3n) is 2.87. The van der Waals surface area contributed by atoms with E-state index >= 15 is 0 Å². The molecule has 0 saturated heterocycles. The van der Waals surface area contributed by atoms with E-state index in [4.69, 9.17) is 4.74 Å². The van der Waals surface area contributed by atoms with Crippen molar-refractivity contribution in [3.05, 3.63) is 24.3 Å². The molecule has 0 saturated carbocycles. The maximum absolute atomic E-state index is 11.7. The first-order valence-corrected chi connectivity index (χ1v) is 7.44. The Kier molecular flexibility index (Phi) is 7.67. The average molecular weight is 305 g/mol. The summed E-state index contributed by atoms with van der Waals surface area (Å²) >= 11 is 0. The molecule has 6 nitrogen and oxygen atoms in total. The molecule has 120 valence electrons. The van der Waals surface area contributed by atoms with Crippen LogP contribution in [0.3, 0.4) is 0 Å². The van der Waals surface area contributed by atoms with Crippen LogP contribution in [0.5, 0.6) is 5.75 Å². The standard InChI is InChI=1S/C16H23N3O3/c1-4-6-7-12(3)18-19-16(21)15(20)17-13-8-10-14(11-9-13)22-5-2/h8-11H,4-7H2,1-3H3,(H,17,20)(H,19,21)/b18-12+. The van der Waals surface area contributed by atoms with E-state index in [2.05, 4.69) is 22.8 Å². The molecule has 6 heteroatoms. The highest BCUT2D eigenvalue weighted by molar-refractivity contribution is 6.39. The summed E-state index contributed by atoms with van der Waals surface area (Å²) in [4.78, 5) is 23.4. The number of rotatable bonds is 7. The van der Waals surface area contributed by atoms with Crippen molar-refractivity contribution in [3.63, 3.8) is 0 Å². The van der Waals surface area contributed by atoms with Crippen molar-refractivity contribution in [2.75, 3.05) is 11.9 Å². The van der Waals surface area contributed by atoms with E-state index in [0.29, 0.717) is 18.0 Å². The summed E-state index contributed by atoms with van der Waals surface area (Å²) < 4.78 is 5.30. The molecule has 0 aromatic heterocycles. The Morgan fingerprint density at radius 1 is 1.14 bits per heavy atom. The second kappa shape index (κ2) is 9.55. The van der Waals surface area contributed by atoms with Crippen LogP contribution in [-0.4, -0.2) is 24.1 Å². The minimum atomic E-state index is -0.787. The molecule has 1 aromatic carbocycles. The van der Waals surface area contributed by atoms with Crippen LogP contribution in [0.4, 0.5) is 5.69 Å². The smallest absolute Gasteiger partial charge is 0.329 e. The zero-order valence-electron chi connectivity index (χ0n) is 13.3. The van der Waals surface area contributed by atoms with E-state index in [-0.39, 0.29) is 0 Å². The van der Waals surface area contributed by atoms with Gasteiger partial charge in [-0.2, -0.15) is 5.10 Å². The minimum Gasteiger partial charge on any atom is -0.494 e. The Balaban J connectivity index is 2.48. The molecule has 2 N–H and O–H groups in total. The minimum absolute atomic E-state index is 0.523. The van der Waals surface area contributed by atoms with Gasteiger partial charge in [0, 0.05) is 11.4 Å². The van der Waals surface area contributed by atoms with Crippen molar-refractivity contribution in [2.24, 2.45) is 5.10 Å². The first kappa shape index (κ1) is 17.7. The molecule has 0 aliphatic rings. The second-order valence-corrected chi connectivity index (χ2v) is 4.80. The van der Waals surface area contributed by atoms with Crippen LogP contribution >= 0.6 is 0 Å². The van der Waals surface area contributed by atoms with Gasteiger partial charge in [-0.1, -0.05) is 13.3 Å². The normalized spacial score (nSPS) is 11.0. The number of hydrogen-bond donors (Lipinski definition) is 2. The molecule has 0 aliphatic heterocycles. The molecule has 1 aromatic rings. The van der Waals surface area contributed by atoms with Crippen molar-refractivity contribution in [2.45, 2.75) is 40.0 Å². The number of carbonyl (C=O) groups excluding carboxylic acids is 2. The van der Waals surface area contributed by atoms with Gasteiger partial charge >= 0.3 is 11.8 Å². The number of ether oxygens (including phenoxy) is 1. The van der Waals surface area contributed by atoms with E-state index in [9.17, 15) is 9.59 Å². The first-order valence-electron chi connectivity index (χ1n) is 7.44. The summed E-state index contributed by atoms with van der Waals surface area (Å²) in [6.07, 6.45) is 2.86. The molecule has 0 bridgehead atoms. The third kappa shape index (κ3) is 6.39. The van der Waals surface area contributed by atoms with E-state index < -0.39 is 11.8 Å². The van der Waals surface area contributed by atoms with Gasteiger partial charge in [-0.15, -0.1) is 0 Å². The lowest BCUT2D eigenvalue weighted by atomic mass is 10.2. The van der Waals surface area contributed by atoms with Gasteiger partial charge in [0.2, 0.25) is 0 Å². The number of hydrogen-bond acceptors (Lipinski definition) is 4. The van der Waals surface area contributed by atoms with Crippen molar-refractivity contribution >= 4 is 23.2 Å². The predicted molar refractivity (Wildman–Crippen MR) is 87.0 cm³/mol. The molecule has 0 spiro atoms. The monoisotopic (exact) mass is 305 g/mol. The lowest BCUT2D eigenvalue weighted by Gasteiger charge is -2.06. The summed E-state index contributed by atoms with van der Waals surface area (Å²) in [5.74, 6) is -0.831. The summed E-state index contributed by atoms with van der Waals surface area (Å²) in [5, 5.41) is 6.40. The van der Waals surface area contributed by atoms with Crippen LogP contribution in [0, 0.1) is 0 Å². The van der Waals surface area contributed by atoms with Crippen LogP contribution < -0.4 is 15.5 Å². The number of anilines is 1. The SMILES string of the molecule is CCCC/C(C)=N/NC(=O)C(=O)Nc1ccc(OCC)cc1. The largest absolute Gasteiger partial charge is 0.494 e. The third-order valence-corrected chi connectivity index (χ3v) is 2.87. The average Bonchev–Trinajstić information content (AvgIpc) is 2.52. The van der Waals surface area contributed by atoms with E-state index in [1.807, 2.05) is 13.8 Å². The topological polar surface area (TPSA) is 79.8 Å². The molecule has 1 rings (SSSR count). The predicted octanol–water partition coefficient (Wildman–Crippen LogP) is 2.71. The second-order valence-electron chi connectivity index (χ2n) is 4.80. The van der Waals surface area contributed by atoms with Gasteiger partial charge in [0.15, 0.2) is 0 Å². The van der Waals surface area contributed by atoms with Gasteiger partial charge in [-0.05, 0) is 51.0 Å². The van der Waals surface area contributed by atoms with Crippen molar-refractivity contribution in [3.8, 4) is 5.75 Å². The van der Waals surface area contributed by atoms with Crippen LogP contribution in [0.2, 0.25) is 0 Å². The molecule has 0 unspecified atom stereocenters. The fourth-order valence-electron chi connectivity index (χ4n) is 1.67. The van der Waals surface area contributed by atoms with Crippen molar-refractivity contribution in [1.29, 1.82) is 0 Å². The lowest BCUT2D eigenvalue weighted by Crippen LogP contribution is -2.32. The summed E-state index contributed by atoms with van der Waals surface area (Å²) in [7, 11) is 0. The number of nitrogens with one attached hydrogen (secondary N) is 2. The maximum atomic E-state index is 11.7. The zero-order valence-corrected chi connectivity index (χ0v) is 13.3. The maximum Gasteiger partial charge on any atom is 0.329 e. The Labute approximate surface area is 130 Å². The molecule has 22 heavy (non-hydrogen) atoms. The Hall–Kier alpha value is -2.37. The summed E-state index contributed by atoms with van der Waals surface area (Å²) in [5.41, 5.74) is 3.57. The van der Waals surface area contributed by atoms with Gasteiger partial charge < -0.3 is 10.1 Å². The molecule has 0 radical (unpaired) electrons. The Morgan fingerprint density at radius 3 is 2.41 bits per heavy atom. The van der Waals surface area contributed by atoms with Gasteiger partial charge in [-0.25, -0.2) is 5.43 Å². The van der Waals surface area contributed by atoms with E-state index in [1.165, 1.54) is 0 Å². The van der Waals surface area contributed by atoms with Gasteiger partial charge in [0.05, 0.1) is 6.61 Å². The van der Waals surface area contributed by atoms with Crippen LogP contribution in [-0.2, 0) is 9.59 Å². The van der Waals surface area contributed by atoms with Gasteiger partial charge in [0.25, 0.3) is 0 Å². The van der Waals surface area contributed by atoms with Gasteiger partial charge in [-0.3, -0.25) is 9.59 Å². The van der Waals surface area contributed by atoms with Crippen LogP contribution in [0.1, 0.15) is 40.0 Å². The fourth-order valence-corrected chi connectivity index (χ4v) is 1.67. The summed E-state index contributed by atoms with van der Waals surface area (Å²) in [6, 6.07) is 6.80. The quantitative estimate of drug-likeness (QED) is 0.462. The first-order chi connectivity index (χ1) is 10.6. The molecule has 0 atom stereocenters. The molecule has 0 fully saturated rings. The number of benzene rings is 1. The number of carbonyl (C=O) groups is 2. The molecule has 2 amide bonds. The molecular weight excluding hydrogens is 282 g/mol. The van der Waals surface area contributed by atoms with Crippen LogP contribution in [0.15, 0.2) is 29.4 Å². The van der Waals surface area contributed by atoms with Crippen LogP contribution in [0.25, 0.3) is 0 Å². The number of amides is 2. The molecular formula is C16H23N3O3. The molecule has 0 aliphatic carbocycles. The van der Waals surface area contributed by atoms with E-state index in [0.717, 1.165) is 25.0 Å². The number of nitrogens with zero attached hydrogens (tertiary/aromatic N) is 1. The zero-order chi connectivity index (χ0) is 16.4. The van der Waals surface area contributed by atoms with Gasteiger partial charge in [0.1, 0.15) is 5.75 Å². The Bertz CT molecular complexity index is 524. The molecule has 0 heterocycles. The van der Waals surface area contributed by atoms with Crippen molar-refractivity contribution in [1.82, 2.24) is 5.43 Å². The Morgan fingerprint density at radius 2 is 1.82 bits per heavy atom. The lowest BCUT2D eigenvalue weighted by molar-refractivity contribution is -0.136. The number of unbranched alkanes of at least 4 members (excludes halogenated alkanes) is 1. The highest BCUT2D eigenvalue weighted by Gasteiger charge is 2.13. The fraction of sp³-hybridized carbons (Fsp3) is 0.438. The van der Waals surface area contributed by atoms with Crippen molar-refractivity contribution < 1.29 is 14.3 Å². The van der Waals surface area contributed by atoms with E-state index in [1.54, 1.807) is 24.3 Å². The highest BCUT2D eigenvalue weighted by Crippen LogP contribution is 2.15. The summed E-state index contributed by atoms with van der Waals surface area (Å²) in [6.45, 7) is 6.36. The highest BCUT2D eigenvalue weighted by atomic mass is 16.5.